The van der Waals surface area contributed by atoms with E-state index in [9.17, 15) is 0 Å². The molecule has 0 unspecified atom stereocenters. The van der Waals surface area contributed by atoms with Crippen molar-refractivity contribution >= 4 is 0 Å². The minimum Gasteiger partial charge on any atom is -0.559 e. The summed E-state index contributed by atoms with van der Waals surface area (Å²) in [6.45, 7) is 13.1. The second-order valence-corrected chi connectivity index (χ2v) is 1.78. The first-order chi connectivity index (χ1) is 4.18. The van der Waals surface area contributed by atoms with Crippen LogP contribution in [0, 0.1) is 26.3 Å². The van der Waals surface area contributed by atoms with Crippen molar-refractivity contribution in [2.45, 2.75) is 27.2 Å². The van der Waals surface area contributed by atoms with E-state index in [0.717, 1.165) is 12.0 Å². The molecule has 0 amide bonds. The Hall–Kier alpha value is 1.40. The van der Waals surface area contributed by atoms with Gasteiger partial charge in [0.2, 0.25) is 0 Å². The Balaban J connectivity index is -0.0000000437. The van der Waals surface area contributed by atoms with Gasteiger partial charge in [-0.25, -0.2) is 0 Å². The second kappa shape index (κ2) is 22.5. The summed E-state index contributed by atoms with van der Waals surface area (Å²) in [6.07, 6.45) is 5.63. The van der Waals surface area contributed by atoms with Crippen molar-refractivity contribution in [3.05, 3.63) is 31.9 Å². The van der Waals surface area contributed by atoms with Gasteiger partial charge in [0.1, 0.15) is 0 Å². The van der Waals surface area contributed by atoms with Gasteiger partial charge in [0.05, 0.1) is 0 Å². The summed E-state index contributed by atoms with van der Waals surface area (Å²) in [7, 11) is 0. The molecule has 0 aliphatic carbocycles. The van der Waals surface area contributed by atoms with Crippen molar-refractivity contribution < 1.29 is 53.8 Å². The Morgan fingerprint density at radius 2 is 1.73 bits per heavy atom. The first-order valence-corrected chi connectivity index (χ1v) is 3.11. The van der Waals surface area contributed by atoms with Crippen LogP contribution in [0.3, 0.4) is 0 Å². The summed E-state index contributed by atoms with van der Waals surface area (Å²) in [5.74, 6) is 0. The Kier molecular flexibility index (Phi) is 46.8. The van der Waals surface area contributed by atoms with Gasteiger partial charge in [-0.05, 0) is 0 Å². The molecule has 0 aliphatic rings. The number of hydrogen-bond acceptors (Lipinski definition) is 0. The fourth-order valence-corrected chi connectivity index (χ4v) is 0.213. The van der Waals surface area contributed by atoms with Crippen LogP contribution in [0.2, 0.25) is 0 Å². The van der Waals surface area contributed by atoms with E-state index in [2.05, 4.69) is 19.9 Å². The average Bonchev–Trinajstić information content (AvgIpc) is 1.67. The van der Waals surface area contributed by atoms with Gasteiger partial charge in [0, 0.05) is 53.8 Å². The van der Waals surface area contributed by atoms with Gasteiger partial charge in [-0.1, -0.05) is 0 Å². The van der Waals surface area contributed by atoms with Gasteiger partial charge in [-0.3, -0.25) is 0 Å². The zero-order valence-electron chi connectivity index (χ0n) is 7.68. The molecule has 0 aromatic carbocycles. The molecule has 65 valence electrons. The van der Waals surface area contributed by atoms with Crippen LogP contribution in [-0.4, -0.2) is 0 Å². The molecule has 0 saturated carbocycles. The number of allylic oxidation sites excluding steroid dienone is 2. The maximum Gasteiger partial charge on any atom is 0 e. The van der Waals surface area contributed by atoms with Gasteiger partial charge < -0.3 is 38.3 Å². The van der Waals surface area contributed by atoms with E-state index in [1.165, 1.54) is 0 Å². The fourth-order valence-electron chi connectivity index (χ4n) is 0.213. The van der Waals surface area contributed by atoms with E-state index >= 15 is 0 Å². The van der Waals surface area contributed by atoms with Crippen molar-refractivity contribution in [3.8, 4) is 0 Å². The summed E-state index contributed by atoms with van der Waals surface area (Å²) >= 11 is 0. The van der Waals surface area contributed by atoms with Crippen LogP contribution in [0.15, 0.2) is 5.57 Å². The number of hydrogen-bond donors (Lipinski definition) is 0. The summed E-state index contributed by atoms with van der Waals surface area (Å²) in [6, 6.07) is 0. The van der Waals surface area contributed by atoms with Gasteiger partial charge in [0.25, 0.3) is 0 Å². The van der Waals surface area contributed by atoms with Crippen molar-refractivity contribution in [2.75, 3.05) is 0 Å². The van der Waals surface area contributed by atoms with Crippen LogP contribution in [0.1, 0.15) is 27.2 Å². The maximum absolute atomic E-state index is 3.59. The van der Waals surface area contributed by atoms with E-state index in [-0.39, 0.29) is 53.8 Å². The fraction of sp³-hybridized carbons (Fsp3) is 0.444. The third kappa shape index (κ3) is 52.0. The first kappa shape index (κ1) is 22.8. The summed E-state index contributed by atoms with van der Waals surface area (Å²) in [5, 5.41) is 0. The van der Waals surface area contributed by atoms with E-state index in [0.29, 0.717) is 0 Å². The average molecular weight is 397 g/mol. The molecule has 1 radical (unpaired) electrons. The van der Waals surface area contributed by atoms with Crippen LogP contribution in [0.5, 0.6) is 0 Å². The largest absolute Gasteiger partial charge is 0.559 e. The molecule has 0 aromatic heterocycles. The molecule has 0 aromatic rings. The van der Waals surface area contributed by atoms with E-state index in [1.54, 1.807) is 0 Å². The molecule has 0 aliphatic heterocycles. The third-order valence-corrected chi connectivity index (χ3v) is 0.427. The van der Waals surface area contributed by atoms with Crippen molar-refractivity contribution in [1.29, 1.82) is 0 Å². The molecule has 0 N–H and O–H groups in total. The number of rotatable bonds is 1. The SMILES string of the molecule is C[CH-]C.[CH2-]C[C-]=C([CH2-])C.[W].[Y]. The van der Waals surface area contributed by atoms with Crippen LogP contribution < -0.4 is 0 Å². The molecular weight excluding hydrogens is 381 g/mol. The zero-order chi connectivity index (χ0) is 7.70. The van der Waals surface area contributed by atoms with Crippen molar-refractivity contribution in [1.82, 2.24) is 0 Å². The predicted molar refractivity (Wildman–Crippen MR) is 43.4 cm³/mol. The zero-order valence-corrected chi connectivity index (χ0v) is 13.5. The van der Waals surface area contributed by atoms with Crippen LogP contribution in [-0.2, 0) is 53.8 Å². The van der Waals surface area contributed by atoms with Gasteiger partial charge in [-0.15, -0.1) is 6.92 Å². The van der Waals surface area contributed by atoms with Gasteiger partial charge in [-0.2, -0.15) is 13.8 Å². The molecule has 11 heavy (non-hydrogen) atoms. The minimum absolute atomic E-state index is 0. The summed E-state index contributed by atoms with van der Waals surface area (Å²) in [5.41, 5.74) is 0.977. The summed E-state index contributed by atoms with van der Waals surface area (Å²) in [4.78, 5) is 0. The quantitative estimate of drug-likeness (QED) is 0.598. The smallest absolute Gasteiger partial charge is 0 e. The third-order valence-electron chi connectivity index (χ3n) is 0.427. The molecule has 0 heterocycles. The van der Waals surface area contributed by atoms with Crippen molar-refractivity contribution in [3.63, 3.8) is 0 Å². The van der Waals surface area contributed by atoms with Gasteiger partial charge >= 0.3 is 0 Å². The first-order valence-electron chi connectivity index (χ1n) is 3.11. The summed E-state index contributed by atoms with van der Waals surface area (Å²) < 4.78 is 0. The van der Waals surface area contributed by atoms with Gasteiger partial charge in [0.15, 0.2) is 0 Å². The Morgan fingerprint density at radius 3 is 1.73 bits per heavy atom. The van der Waals surface area contributed by atoms with E-state index < -0.39 is 0 Å². The minimum atomic E-state index is 0. The van der Waals surface area contributed by atoms with E-state index in [1.807, 2.05) is 27.2 Å². The van der Waals surface area contributed by atoms with Crippen molar-refractivity contribution in [2.24, 2.45) is 0 Å². The monoisotopic (exact) mass is 397 g/mol. The van der Waals surface area contributed by atoms with Crippen LogP contribution in [0.25, 0.3) is 0 Å². The normalized spacial score (nSPS) is 8.18. The molecular formula is C9H16WY-4. The molecule has 0 nitrogen and oxygen atoms in total. The Bertz CT molecular complexity index is 66.0. The van der Waals surface area contributed by atoms with E-state index in [4.69, 9.17) is 0 Å². The Morgan fingerprint density at radius 1 is 1.45 bits per heavy atom. The molecule has 0 saturated heterocycles. The molecule has 0 fully saturated rings. The molecule has 0 bridgehead atoms. The van der Waals surface area contributed by atoms with Crippen LogP contribution in [0.4, 0.5) is 0 Å². The topological polar surface area (TPSA) is 0 Å². The predicted octanol–water partition coefficient (Wildman–Crippen LogP) is 3.02. The second-order valence-electron chi connectivity index (χ2n) is 1.78. The van der Waals surface area contributed by atoms with Crippen LogP contribution >= 0.6 is 0 Å². The maximum atomic E-state index is 3.59. The standard InChI is InChI=1S/C6H9.C3H7.W.Y/c1-4-5-6(2)3;1-3-2;;/h1-2,4H2,3H3;3H,1-2H3;;/q-3;-1;;. The molecule has 2 heteroatoms. The molecule has 0 atom stereocenters. The molecule has 0 rings (SSSR count). The Labute approximate surface area is 112 Å². The molecule has 0 spiro atoms.